The molecule has 1 saturated heterocycles. The van der Waals surface area contributed by atoms with Gasteiger partial charge in [-0.25, -0.2) is 4.79 Å². The van der Waals surface area contributed by atoms with E-state index in [1.54, 1.807) is 20.8 Å². The Morgan fingerprint density at radius 1 is 1.00 bits per heavy atom. The van der Waals surface area contributed by atoms with Crippen molar-refractivity contribution in [3.63, 3.8) is 0 Å². The maximum Gasteiger partial charge on any atom is 0.407 e. The molecule has 1 aliphatic heterocycles. The van der Waals surface area contributed by atoms with Crippen LogP contribution in [0.25, 0.3) is 6.08 Å². The van der Waals surface area contributed by atoms with Crippen LogP contribution in [-0.4, -0.2) is 77.9 Å². The molecule has 9 nitrogen and oxygen atoms in total. The van der Waals surface area contributed by atoms with Crippen LogP contribution >= 0.6 is 0 Å². The highest BCUT2D eigenvalue weighted by Crippen LogP contribution is 2.22. The minimum atomic E-state index is -1.07. The minimum absolute atomic E-state index is 0.0603. The Morgan fingerprint density at radius 2 is 1.62 bits per heavy atom. The average Bonchev–Trinajstić information content (AvgIpc) is 3.05. The first-order valence-corrected chi connectivity index (χ1v) is 17.1. The highest BCUT2D eigenvalue weighted by Gasteiger charge is 2.35. The van der Waals surface area contributed by atoms with Crippen molar-refractivity contribution in [2.24, 2.45) is 11.8 Å². The molecule has 1 heterocycles. The molecule has 0 spiro atoms. The summed E-state index contributed by atoms with van der Waals surface area (Å²) in [6, 6.07) is 18.4. The summed E-state index contributed by atoms with van der Waals surface area (Å²) in [6.45, 7) is 10.7. The number of aliphatic hydroxyl groups is 1. The molecule has 1 aliphatic rings. The molecule has 2 aromatic rings. The van der Waals surface area contributed by atoms with Gasteiger partial charge in [-0.2, -0.15) is 0 Å². The molecule has 4 N–H and O–H groups in total. The molecular weight excluding hydrogens is 592 g/mol. The summed E-state index contributed by atoms with van der Waals surface area (Å²) in [5, 5.41) is 20.9. The van der Waals surface area contributed by atoms with Crippen LogP contribution in [0.3, 0.4) is 0 Å². The number of likely N-dealkylation sites (tertiary alicyclic amines) is 1. The maximum atomic E-state index is 14.1. The lowest BCUT2D eigenvalue weighted by atomic mass is 9.89. The lowest BCUT2D eigenvalue weighted by Gasteiger charge is -2.36. The highest BCUT2D eigenvalue weighted by molar-refractivity contribution is 5.89. The Labute approximate surface area is 281 Å². The SMILES string of the molecule is CC[C@H](C)[C@H](NC(=O)[C@H](CC=Cc1ccccc1)C[C@H](O)C(Cc1ccccc1)NC(=O)OC(C)(C)C)C(=O)N1CCC(NC)CC1. The van der Waals surface area contributed by atoms with Crippen molar-refractivity contribution in [2.45, 2.75) is 103 Å². The summed E-state index contributed by atoms with van der Waals surface area (Å²) >= 11 is 0. The Morgan fingerprint density at radius 3 is 2.19 bits per heavy atom. The van der Waals surface area contributed by atoms with Crippen molar-refractivity contribution in [1.29, 1.82) is 0 Å². The quantitative estimate of drug-likeness (QED) is 0.207. The first-order chi connectivity index (χ1) is 22.4. The molecular formula is C38H56N4O5. The van der Waals surface area contributed by atoms with Gasteiger partial charge < -0.3 is 30.7 Å². The molecule has 3 rings (SSSR count). The van der Waals surface area contributed by atoms with Crippen molar-refractivity contribution in [1.82, 2.24) is 20.9 Å². The third-order valence-electron chi connectivity index (χ3n) is 8.88. The van der Waals surface area contributed by atoms with Crippen molar-refractivity contribution >= 4 is 24.0 Å². The van der Waals surface area contributed by atoms with E-state index in [-0.39, 0.29) is 24.2 Å². The van der Waals surface area contributed by atoms with Gasteiger partial charge in [-0.05, 0) is 77.0 Å². The smallest absolute Gasteiger partial charge is 0.407 e. The van der Waals surface area contributed by atoms with Crippen LogP contribution in [-0.2, 0) is 20.7 Å². The Balaban J connectivity index is 1.84. The molecule has 0 bridgehead atoms. The number of hydrogen-bond donors (Lipinski definition) is 4. The van der Waals surface area contributed by atoms with E-state index in [1.165, 1.54) is 0 Å². The number of nitrogens with zero attached hydrogens (tertiary/aromatic N) is 1. The molecule has 0 aromatic heterocycles. The van der Waals surface area contributed by atoms with Gasteiger partial charge in [0.05, 0.1) is 12.1 Å². The van der Waals surface area contributed by atoms with Gasteiger partial charge in [-0.15, -0.1) is 0 Å². The summed E-state index contributed by atoms with van der Waals surface area (Å²) in [6.07, 6.45) is 5.43. The van der Waals surface area contributed by atoms with E-state index >= 15 is 0 Å². The number of benzene rings is 2. The second-order valence-corrected chi connectivity index (χ2v) is 13.8. The molecule has 5 atom stereocenters. The van der Waals surface area contributed by atoms with Crippen LogP contribution in [0.5, 0.6) is 0 Å². The number of carbonyl (C=O) groups excluding carboxylic acids is 3. The lowest BCUT2D eigenvalue weighted by Crippen LogP contribution is -2.55. The van der Waals surface area contributed by atoms with E-state index in [9.17, 15) is 19.5 Å². The third kappa shape index (κ3) is 12.8. The van der Waals surface area contributed by atoms with Gasteiger partial charge in [0.15, 0.2) is 0 Å². The fourth-order valence-electron chi connectivity index (χ4n) is 5.85. The summed E-state index contributed by atoms with van der Waals surface area (Å²) < 4.78 is 5.51. The number of allylic oxidation sites excluding steroid dienone is 1. The number of ether oxygens (including phenoxy) is 1. The van der Waals surface area contributed by atoms with Crippen LogP contribution in [0.2, 0.25) is 0 Å². The Kier molecular flexibility index (Phi) is 14.9. The molecule has 0 saturated carbocycles. The molecule has 2 aromatic carbocycles. The van der Waals surface area contributed by atoms with E-state index in [1.807, 2.05) is 98.6 Å². The van der Waals surface area contributed by atoms with Gasteiger partial charge in [-0.3, -0.25) is 9.59 Å². The fourth-order valence-corrected chi connectivity index (χ4v) is 5.85. The molecule has 0 aliphatic carbocycles. The van der Waals surface area contributed by atoms with Gasteiger partial charge in [0.25, 0.3) is 0 Å². The molecule has 47 heavy (non-hydrogen) atoms. The molecule has 258 valence electrons. The van der Waals surface area contributed by atoms with E-state index < -0.39 is 35.8 Å². The number of carbonyl (C=O) groups is 3. The first-order valence-electron chi connectivity index (χ1n) is 17.1. The third-order valence-corrected chi connectivity index (χ3v) is 8.88. The van der Waals surface area contributed by atoms with Crippen LogP contribution < -0.4 is 16.0 Å². The van der Waals surface area contributed by atoms with Crippen molar-refractivity contribution in [3.8, 4) is 0 Å². The minimum Gasteiger partial charge on any atom is -0.444 e. The van der Waals surface area contributed by atoms with Crippen molar-refractivity contribution in [2.75, 3.05) is 20.1 Å². The summed E-state index contributed by atoms with van der Waals surface area (Å²) in [5.41, 5.74) is 1.22. The first kappa shape index (κ1) is 37.8. The van der Waals surface area contributed by atoms with Gasteiger partial charge in [0.1, 0.15) is 11.6 Å². The largest absolute Gasteiger partial charge is 0.444 e. The molecule has 9 heteroatoms. The molecule has 3 amide bonds. The molecule has 1 unspecified atom stereocenters. The zero-order chi connectivity index (χ0) is 34.4. The zero-order valence-electron chi connectivity index (χ0n) is 29.1. The summed E-state index contributed by atoms with van der Waals surface area (Å²) in [7, 11) is 1.94. The molecule has 0 radical (unpaired) electrons. The number of nitrogens with one attached hydrogen (secondary N) is 3. The van der Waals surface area contributed by atoms with Crippen molar-refractivity contribution in [3.05, 3.63) is 77.9 Å². The van der Waals surface area contributed by atoms with Gasteiger partial charge in [-0.1, -0.05) is 93.1 Å². The number of aliphatic hydroxyl groups excluding tert-OH is 1. The van der Waals surface area contributed by atoms with E-state index in [0.717, 1.165) is 30.4 Å². The van der Waals surface area contributed by atoms with Crippen LogP contribution in [0.1, 0.15) is 77.8 Å². The predicted molar refractivity (Wildman–Crippen MR) is 188 cm³/mol. The number of piperidine rings is 1. The Bertz CT molecular complexity index is 1270. The number of hydrogen-bond acceptors (Lipinski definition) is 6. The normalized spacial score (nSPS) is 17.4. The van der Waals surface area contributed by atoms with E-state index in [4.69, 9.17) is 4.74 Å². The second-order valence-electron chi connectivity index (χ2n) is 13.8. The molecule has 1 fully saturated rings. The van der Waals surface area contributed by atoms with Crippen molar-refractivity contribution < 1.29 is 24.2 Å². The van der Waals surface area contributed by atoms with Crippen LogP contribution in [0.4, 0.5) is 4.79 Å². The number of alkyl carbamates (subject to hydrolysis) is 1. The van der Waals surface area contributed by atoms with Crippen LogP contribution in [0.15, 0.2) is 66.7 Å². The van der Waals surface area contributed by atoms with Crippen LogP contribution in [0, 0.1) is 11.8 Å². The topological polar surface area (TPSA) is 120 Å². The monoisotopic (exact) mass is 648 g/mol. The summed E-state index contributed by atoms with van der Waals surface area (Å²) in [4.78, 5) is 42.6. The number of rotatable bonds is 15. The Hall–Kier alpha value is -3.69. The fraction of sp³-hybridized carbons (Fsp3) is 0.553. The highest BCUT2D eigenvalue weighted by atomic mass is 16.6. The number of amides is 3. The van der Waals surface area contributed by atoms with E-state index in [2.05, 4.69) is 16.0 Å². The lowest BCUT2D eigenvalue weighted by molar-refractivity contribution is -0.140. The average molecular weight is 649 g/mol. The maximum absolute atomic E-state index is 14.1. The van der Waals surface area contributed by atoms with Gasteiger partial charge in [0, 0.05) is 25.0 Å². The van der Waals surface area contributed by atoms with Gasteiger partial charge >= 0.3 is 6.09 Å². The standard InChI is InChI=1S/C38H56N4O5/c1-7-27(2)34(36(45)42-23-21-31(39-6)22-24-42)41-35(44)30(20-14-19-28-15-10-8-11-16-28)26-33(43)32(25-29-17-12-9-13-18-29)40-37(46)47-38(3,4)5/h8-19,27,30-34,39,43H,7,20-26H2,1-6H3,(H,40,46)(H,41,44)/t27-,30+,32?,33-,34-/m0/s1. The zero-order valence-corrected chi connectivity index (χ0v) is 29.1. The summed E-state index contributed by atoms with van der Waals surface area (Å²) in [5.74, 6) is -1.08. The second kappa shape index (κ2) is 18.6. The predicted octanol–water partition coefficient (Wildman–Crippen LogP) is 5.33. The van der Waals surface area contributed by atoms with Gasteiger partial charge in [0.2, 0.25) is 11.8 Å². The van der Waals surface area contributed by atoms with E-state index in [0.29, 0.717) is 32.0 Å².